The van der Waals surface area contributed by atoms with Crippen LogP contribution in [0.4, 0.5) is 0 Å². The Balaban J connectivity index is 2.31. The highest BCUT2D eigenvalue weighted by Gasteiger charge is 2.18. The Hall–Kier alpha value is -2.23. The molecule has 0 unspecified atom stereocenters. The number of hydrogen-bond acceptors (Lipinski definition) is 4. The zero-order valence-corrected chi connectivity index (χ0v) is 11.7. The van der Waals surface area contributed by atoms with Crippen molar-refractivity contribution < 1.29 is 19.0 Å². The summed E-state index contributed by atoms with van der Waals surface area (Å²) in [4.78, 5) is 11.9. The molecular weight excluding hydrogens is 256 g/mol. The predicted molar refractivity (Wildman–Crippen MR) is 76.3 cm³/mol. The molecule has 0 N–H and O–H groups in total. The average molecular weight is 274 g/mol. The second-order valence-electron chi connectivity index (χ2n) is 4.38. The summed E-state index contributed by atoms with van der Waals surface area (Å²) >= 11 is 0. The lowest BCUT2D eigenvalue weighted by atomic mass is 10.1. The molecule has 0 spiro atoms. The fraction of sp³-hybridized carbons (Fsp3) is 0.312. The van der Waals surface area contributed by atoms with E-state index < -0.39 is 5.97 Å². The van der Waals surface area contributed by atoms with Crippen LogP contribution in [-0.2, 0) is 14.3 Å². The zero-order chi connectivity index (χ0) is 14.4. The molecule has 2 rings (SSSR count). The van der Waals surface area contributed by atoms with Crippen LogP contribution in [0.5, 0.6) is 5.75 Å². The van der Waals surface area contributed by atoms with E-state index in [1.807, 2.05) is 30.3 Å². The van der Waals surface area contributed by atoms with E-state index in [9.17, 15) is 4.79 Å². The van der Waals surface area contributed by atoms with Gasteiger partial charge in [-0.2, -0.15) is 0 Å². The van der Waals surface area contributed by atoms with E-state index in [0.29, 0.717) is 17.9 Å². The third-order valence-corrected chi connectivity index (χ3v) is 3.03. The standard InChI is InChI=1S/C16H18O4/c1-18-13-8-6-12(7-9-13)11-14(16(17)19-2)15-5-3-4-10-20-15/h5-9,11H,3-4,10H2,1-2H3/b14-11+. The minimum Gasteiger partial charge on any atom is -0.497 e. The largest absolute Gasteiger partial charge is 0.497 e. The second-order valence-corrected chi connectivity index (χ2v) is 4.38. The van der Waals surface area contributed by atoms with Crippen molar-refractivity contribution >= 4 is 12.0 Å². The lowest BCUT2D eigenvalue weighted by Crippen LogP contribution is -2.12. The van der Waals surface area contributed by atoms with Crippen LogP contribution in [0.3, 0.4) is 0 Å². The Bertz CT molecular complexity index is 526. The Labute approximate surface area is 118 Å². The van der Waals surface area contributed by atoms with Crippen LogP contribution < -0.4 is 4.74 Å². The van der Waals surface area contributed by atoms with Crippen LogP contribution in [0.1, 0.15) is 18.4 Å². The van der Waals surface area contributed by atoms with E-state index >= 15 is 0 Å². The predicted octanol–water partition coefficient (Wildman–Crippen LogP) is 2.95. The Morgan fingerprint density at radius 1 is 1.25 bits per heavy atom. The number of esters is 1. The van der Waals surface area contributed by atoms with Crippen molar-refractivity contribution in [1.82, 2.24) is 0 Å². The molecule has 0 radical (unpaired) electrons. The summed E-state index contributed by atoms with van der Waals surface area (Å²) in [5.41, 5.74) is 1.33. The van der Waals surface area contributed by atoms with Gasteiger partial charge in [-0.25, -0.2) is 4.79 Å². The quantitative estimate of drug-likeness (QED) is 0.625. The van der Waals surface area contributed by atoms with E-state index in [1.165, 1.54) is 7.11 Å². The van der Waals surface area contributed by atoms with Crippen LogP contribution in [0.15, 0.2) is 41.7 Å². The molecule has 0 saturated carbocycles. The maximum Gasteiger partial charge on any atom is 0.341 e. The van der Waals surface area contributed by atoms with E-state index in [-0.39, 0.29) is 0 Å². The van der Waals surface area contributed by atoms with Gasteiger partial charge in [-0.15, -0.1) is 0 Å². The summed E-state index contributed by atoms with van der Waals surface area (Å²) < 4.78 is 15.5. The molecule has 0 saturated heterocycles. The van der Waals surface area contributed by atoms with E-state index in [2.05, 4.69) is 0 Å². The Morgan fingerprint density at radius 3 is 2.55 bits per heavy atom. The van der Waals surface area contributed by atoms with Gasteiger partial charge in [0.1, 0.15) is 17.1 Å². The first-order valence-corrected chi connectivity index (χ1v) is 6.52. The number of carbonyl (C=O) groups is 1. The molecule has 1 aromatic carbocycles. The van der Waals surface area contributed by atoms with Gasteiger partial charge >= 0.3 is 5.97 Å². The molecule has 0 aromatic heterocycles. The number of benzene rings is 1. The monoisotopic (exact) mass is 274 g/mol. The number of carbonyl (C=O) groups excluding carboxylic acids is 1. The van der Waals surface area contributed by atoms with Crippen molar-refractivity contribution in [2.24, 2.45) is 0 Å². The highest BCUT2D eigenvalue weighted by molar-refractivity contribution is 5.97. The van der Waals surface area contributed by atoms with Crippen molar-refractivity contribution in [2.45, 2.75) is 12.8 Å². The van der Waals surface area contributed by atoms with E-state index in [1.54, 1.807) is 13.2 Å². The molecule has 106 valence electrons. The first-order chi connectivity index (χ1) is 9.74. The summed E-state index contributed by atoms with van der Waals surface area (Å²) in [6, 6.07) is 7.45. The summed E-state index contributed by atoms with van der Waals surface area (Å²) in [6.45, 7) is 0.628. The third-order valence-electron chi connectivity index (χ3n) is 3.03. The summed E-state index contributed by atoms with van der Waals surface area (Å²) in [7, 11) is 2.99. The van der Waals surface area contributed by atoms with Gasteiger partial charge in [0.25, 0.3) is 0 Å². The van der Waals surface area contributed by atoms with Gasteiger partial charge in [0, 0.05) is 0 Å². The zero-order valence-electron chi connectivity index (χ0n) is 11.7. The van der Waals surface area contributed by atoms with Crippen molar-refractivity contribution in [3.8, 4) is 5.75 Å². The van der Waals surface area contributed by atoms with E-state index in [4.69, 9.17) is 14.2 Å². The minimum atomic E-state index is -0.394. The van der Waals surface area contributed by atoms with Crippen LogP contribution in [-0.4, -0.2) is 26.8 Å². The van der Waals surface area contributed by atoms with Gasteiger partial charge in [0.15, 0.2) is 0 Å². The Morgan fingerprint density at radius 2 is 2.00 bits per heavy atom. The third kappa shape index (κ3) is 3.41. The number of rotatable bonds is 4. The molecule has 0 amide bonds. The lowest BCUT2D eigenvalue weighted by molar-refractivity contribution is -0.136. The van der Waals surface area contributed by atoms with E-state index in [0.717, 1.165) is 24.2 Å². The molecule has 1 aliphatic heterocycles. The topological polar surface area (TPSA) is 44.8 Å². The molecule has 1 aliphatic rings. The van der Waals surface area contributed by atoms with Crippen molar-refractivity contribution in [1.29, 1.82) is 0 Å². The molecule has 4 nitrogen and oxygen atoms in total. The van der Waals surface area contributed by atoms with Crippen LogP contribution in [0.2, 0.25) is 0 Å². The van der Waals surface area contributed by atoms with Crippen LogP contribution in [0, 0.1) is 0 Å². The van der Waals surface area contributed by atoms with Gasteiger partial charge in [-0.1, -0.05) is 12.1 Å². The SMILES string of the molecule is COC(=O)/C(=C/c1ccc(OC)cc1)C1=CCCCO1. The fourth-order valence-corrected chi connectivity index (χ4v) is 1.95. The molecule has 1 heterocycles. The maximum atomic E-state index is 11.9. The summed E-state index contributed by atoms with van der Waals surface area (Å²) in [5, 5.41) is 0. The molecule has 0 aliphatic carbocycles. The lowest BCUT2D eigenvalue weighted by Gasteiger charge is -2.16. The molecular formula is C16H18O4. The number of allylic oxidation sites excluding steroid dienone is 1. The highest BCUT2D eigenvalue weighted by Crippen LogP contribution is 2.23. The van der Waals surface area contributed by atoms with Crippen molar-refractivity contribution in [3.63, 3.8) is 0 Å². The van der Waals surface area contributed by atoms with Crippen molar-refractivity contribution in [3.05, 3.63) is 47.2 Å². The molecule has 20 heavy (non-hydrogen) atoms. The number of hydrogen-bond donors (Lipinski definition) is 0. The smallest absolute Gasteiger partial charge is 0.341 e. The first kappa shape index (κ1) is 14.2. The molecule has 0 fully saturated rings. The Kier molecular flexibility index (Phi) is 4.82. The van der Waals surface area contributed by atoms with Gasteiger partial charge < -0.3 is 14.2 Å². The molecule has 1 aromatic rings. The summed E-state index contributed by atoms with van der Waals surface area (Å²) in [5.74, 6) is 0.975. The first-order valence-electron chi connectivity index (χ1n) is 6.52. The average Bonchev–Trinajstić information content (AvgIpc) is 2.53. The molecule has 4 heteroatoms. The van der Waals surface area contributed by atoms with Crippen LogP contribution in [0.25, 0.3) is 6.08 Å². The van der Waals surface area contributed by atoms with Crippen molar-refractivity contribution in [2.75, 3.05) is 20.8 Å². The number of methoxy groups -OCH3 is 2. The molecule has 0 bridgehead atoms. The van der Waals surface area contributed by atoms with Gasteiger partial charge in [-0.3, -0.25) is 0 Å². The minimum absolute atomic E-state index is 0.394. The molecule has 0 atom stereocenters. The highest BCUT2D eigenvalue weighted by atomic mass is 16.5. The second kappa shape index (κ2) is 6.80. The summed E-state index contributed by atoms with van der Waals surface area (Å²) in [6.07, 6.45) is 5.57. The van der Waals surface area contributed by atoms with Gasteiger partial charge in [0.2, 0.25) is 0 Å². The van der Waals surface area contributed by atoms with Gasteiger partial charge in [-0.05, 0) is 42.7 Å². The maximum absolute atomic E-state index is 11.9. The fourth-order valence-electron chi connectivity index (χ4n) is 1.95. The number of ether oxygens (including phenoxy) is 3. The normalized spacial score (nSPS) is 15.1. The van der Waals surface area contributed by atoms with Crippen LogP contribution >= 0.6 is 0 Å². The van der Waals surface area contributed by atoms with Gasteiger partial charge in [0.05, 0.1) is 20.8 Å².